The lowest BCUT2D eigenvalue weighted by molar-refractivity contribution is -0.145. The van der Waals surface area contributed by atoms with Gasteiger partial charge in [-0.3, -0.25) is 4.79 Å². The largest absolute Gasteiger partial charge is 0.516 e. The number of nitrogen functional groups attached to an aromatic ring is 1. The summed E-state index contributed by atoms with van der Waals surface area (Å²) in [6, 6.07) is 6.83. The fourth-order valence-corrected chi connectivity index (χ4v) is 1.37. The monoisotopic (exact) mass is 287 g/mol. The highest BCUT2D eigenvalue weighted by atomic mass is 35.5. The quantitative estimate of drug-likeness (QED) is 0.525. The molecule has 0 fully saturated rings. The Bertz CT molecular complexity index is 442. The van der Waals surface area contributed by atoms with Gasteiger partial charge in [0.05, 0.1) is 12.0 Å². The van der Waals surface area contributed by atoms with E-state index in [1.165, 1.54) is 0 Å². The summed E-state index contributed by atoms with van der Waals surface area (Å²) >= 11 is 0. The summed E-state index contributed by atoms with van der Waals surface area (Å²) in [4.78, 5) is 23.0. The van der Waals surface area contributed by atoms with Gasteiger partial charge in [-0.05, 0) is 38.5 Å². The van der Waals surface area contributed by atoms with Crippen LogP contribution >= 0.6 is 12.4 Å². The lowest BCUT2D eigenvalue weighted by Crippen LogP contribution is -2.33. The maximum Gasteiger partial charge on any atom is 0.516 e. The maximum atomic E-state index is 11.9. The number of nitrogens with two attached hydrogens (primary N) is 1. The van der Waals surface area contributed by atoms with E-state index in [1.807, 2.05) is 0 Å². The zero-order valence-electron chi connectivity index (χ0n) is 11.1. The molecule has 1 aromatic carbocycles. The molecule has 6 heteroatoms. The van der Waals surface area contributed by atoms with Gasteiger partial charge in [0.2, 0.25) is 0 Å². The molecule has 0 aliphatic heterocycles. The van der Waals surface area contributed by atoms with Crippen molar-refractivity contribution in [2.75, 3.05) is 12.3 Å². The SMILES string of the molecule is CCOC(=O)OC(=O)C(C)(C)c1ccc(N)cc1.Cl. The first-order chi connectivity index (χ1) is 8.37. The van der Waals surface area contributed by atoms with Crippen LogP contribution in [0.1, 0.15) is 26.3 Å². The highest BCUT2D eigenvalue weighted by molar-refractivity contribution is 5.89. The minimum Gasteiger partial charge on any atom is -0.434 e. The molecule has 0 atom stereocenters. The normalized spacial score (nSPS) is 10.3. The number of esters is 1. The van der Waals surface area contributed by atoms with Crippen LogP contribution in [0.25, 0.3) is 0 Å². The summed E-state index contributed by atoms with van der Waals surface area (Å²) in [5.74, 6) is -0.661. The Morgan fingerprint density at radius 3 is 2.21 bits per heavy atom. The van der Waals surface area contributed by atoms with Crippen LogP contribution in [0.4, 0.5) is 10.5 Å². The first-order valence-electron chi connectivity index (χ1n) is 5.63. The smallest absolute Gasteiger partial charge is 0.434 e. The number of rotatable bonds is 3. The summed E-state index contributed by atoms with van der Waals surface area (Å²) in [7, 11) is 0. The van der Waals surface area contributed by atoms with Crippen molar-refractivity contribution in [3.63, 3.8) is 0 Å². The first kappa shape index (κ1) is 17.2. The molecular weight excluding hydrogens is 270 g/mol. The molecule has 1 rings (SSSR count). The van der Waals surface area contributed by atoms with Crippen molar-refractivity contribution in [2.45, 2.75) is 26.2 Å². The van der Waals surface area contributed by atoms with Crippen LogP contribution in [0.15, 0.2) is 24.3 Å². The third-order valence-corrected chi connectivity index (χ3v) is 2.58. The fourth-order valence-electron chi connectivity index (χ4n) is 1.37. The van der Waals surface area contributed by atoms with Crippen LogP contribution in [0.5, 0.6) is 0 Å². The Kier molecular flexibility index (Phi) is 6.35. The Hall–Kier alpha value is -1.75. The van der Waals surface area contributed by atoms with E-state index in [4.69, 9.17) is 5.73 Å². The van der Waals surface area contributed by atoms with Crippen molar-refractivity contribution in [1.82, 2.24) is 0 Å². The molecule has 0 bridgehead atoms. The van der Waals surface area contributed by atoms with Crippen molar-refractivity contribution >= 4 is 30.2 Å². The van der Waals surface area contributed by atoms with Gasteiger partial charge in [-0.15, -0.1) is 12.4 Å². The Morgan fingerprint density at radius 1 is 1.21 bits per heavy atom. The summed E-state index contributed by atoms with van der Waals surface area (Å²) in [5.41, 5.74) is 5.95. The van der Waals surface area contributed by atoms with Gasteiger partial charge in [-0.25, -0.2) is 4.79 Å². The van der Waals surface area contributed by atoms with Crippen LogP contribution in [0.3, 0.4) is 0 Å². The highest BCUT2D eigenvalue weighted by Crippen LogP contribution is 2.25. The number of hydrogen-bond donors (Lipinski definition) is 1. The number of halogens is 1. The molecule has 19 heavy (non-hydrogen) atoms. The molecular formula is C13H18ClNO4. The highest BCUT2D eigenvalue weighted by Gasteiger charge is 2.33. The summed E-state index contributed by atoms with van der Waals surface area (Å²) in [6.45, 7) is 5.13. The van der Waals surface area contributed by atoms with Crippen molar-refractivity contribution < 1.29 is 19.1 Å². The lowest BCUT2D eigenvalue weighted by atomic mass is 9.85. The minimum absolute atomic E-state index is 0. The molecule has 1 aromatic rings. The van der Waals surface area contributed by atoms with Gasteiger partial charge in [-0.2, -0.15) is 0 Å². The predicted molar refractivity (Wildman–Crippen MR) is 74.2 cm³/mol. The predicted octanol–water partition coefficient (Wildman–Crippen LogP) is 2.67. The molecule has 0 unspecified atom stereocenters. The maximum absolute atomic E-state index is 11.9. The summed E-state index contributed by atoms with van der Waals surface area (Å²) in [6.07, 6.45) is -0.981. The van der Waals surface area contributed by atoms with Gasteiger partial charge in [-0.1, -0.05) is 12.1 Å². The summed E-state index contributed by atoms with van der Waals surface area (Å²) in [5, 5.41) is 0. The molecule has 0 heterocycles. The van der Waals surface area contributed by atoms with Gasteiger partial charge in [0, 0.05) is 5.69 Å². The fraction of sp³-hybridized carbons (Fsp3) is 0.385. The number of anilines is 1. The molecule has 0 radical (unpaired) electrons. The number of ether oxygens (including phenoxy) is 2. The summed E-state index contributed by atoms with van der Waals surface area (Å²) < 4.78 is 9.17. The molecule has 5 nitrogen and oxygen atoms in total. The van der Waals surface area contributed by atoms with Crippen LogP contribution in [0.2, 0.25) is 0 Å². The Balaban J connectivity index is 0.00000324. The molecule has 106 valence electrons. The van der Waals surface area contributed by atoms with Gasteiger partial charge >= 0.3 is 12.1 Å². The zero-order chi connectivity index (χ0) is 13.8. The van der Waals surface area contributed by atoms with Crippen molar-refractivity contribution in [2.24, 2.45) is 0 Å². The second-order valence-corrected chi connectivity index (χ2v) is 4.32. The van der Waals surface area contributed by atoms with E-state index in [0.717, 1.165) is 0 Å². The number of carbonyl (C=O) groups excluding carboxylic acids is 2. The Morgan fingerprint density at radius 2 is 1.74 bits per heavy atom. The minimum atomic E-state index is -0.981. The van der Waals surface area contributed by atoms with E-state index in [0.29, 0.717) is 11.3 Å². The van der Waals surface area contributed by atoms with Crippen molar-refractivity contribution in [3.05, 3.63) is 29.8 Å². The topological polar surface area (TPSA) is 78.6 Å². The van der Waals surface area contributed by atoms with Gasteiger partial charge < -0.3 is 15.2 Å². The molecule has 0 saturated carbocycles. The van der Waals surface area contributed by atoms with E-state index < -0.39 is 17.5 Å². The zero-order valence-corrected chi connectivity index (χ0v) is 12.0. The van der Waals surface area contributed by atoms with Crippen molar-refractivity contribution in [1.29, 1.82) is 0 Å². The number of hydrogen-bond acceptors (Lipinski definition) is 5. The van der Waals surface area contributed by atoms with Crippen LogP contribution in [-0.2, 0) is 19.7 Å². The van der Waals surface area contributed by atoms with E-state index in [9.17, 15) is 9.59 Å². The number of benzene rings is 1. The molecule has 0 aliphatic rings. The van der Waals surface area contributed by atoms with Crippen molar-refractivity contribution in [3.8, 4) is 0 Å². The first-order valence-corrected chi connectivity index (χ1v) is 5.63. The molecule has 0 amide bonds. The van der Waals surface area contributed by atoms with E-state index in [1.54, 1.807) is 45.0 Å². The second kappa shape index (κ2) is 6.99. The second-order valence-electron chi connectivity index (χ2n) is 4.32. The van der Waals surface area contributed by atoms with Crippen LogP contribution in [-0.4, -0.2) is 18.7 Å². The van der Waals surface area contributed by atoms with Crippen LogP contribution in [0, 0.1) is 0 Å². The third kappa shape index (κ3) is 4.44. The van der Waals surface area contributed by atoms with E-state index in [2.05, 4.69) is 9.47 Å². The molecule has 0 aromatic heterocycles. The molecule has 0 spiro atoms. The molecule has 0 aliphatic carbocycles. The molecule has 0 saturated heterocycles. The van der Waals surface area contributed by atoms with E-state index >= 15 is 0 Å². The van der Waals surface area contributed by atoms with Crippen LogP contribution < -0.4 is 5.73 Å². The van der Waals surface area contributed by atoms with Gasteiger partial charge in [0.25, 0.3) is 0 Å². The van der Waals surface area contributed by atoms with E-state index in [-0.39, 0.29) is 19.0 Å². The van der Waals surface area contributed by atoms with Gasteiger partial charge in [0.1, 0.15) is 0 Å². The average molecular weight is 288 g/mol. The third-order valence-electron chi connectivity index (χ3n) is 2.58. The molecule has 2 N–H and O–H groups in total. The Labute approximate surface area is 118 Å². The number of carbonyl (C=O) groups is 2. The standard InChI is InChI=1S/C13H17NO4.ClH/c1-4-17-12(16)18-11(15)13(2,3)9-5-7-10(14)8-6-9;/h5-8H,4,14H2,1-3H3;1H. The average Bonchev–Trinajstić information content (AvgIpc) is 2.29. The lowest BCUT2D eigenvalue weighted by Gasteiger charge is -2.22. The van der Waals surface area contributed by atoms with Gasteiger partial charge in [0.15, 0.2) is 0 Å².